The quantitative estimate of drug-likeness (QED) is 0.731. The number of hydrogen-bond donors (Lipinski definition) is 0. The first-order chi connectivity index (χ1) is 11.8. The lowest BCUT2D eigenvalue weighted by Gasteiger charge is -2.32. The monoisotopic (exact) mass is 340 g/mol. The number of rotatable bonds is 3. The van der Waals surface area contributed by atoms with E-state index in [9.17, 15) is 4.79 Å². The van der Waals surface area contributed by atoms with Gasteiger partial charge in [0, 0.05) is 12.6 Å². The number of ether oxygens (including phenoxy) is 1. The summed E-state index contributed by atoms with van der Waals surface area (Å²) in [7, 11) is 0. The lowest BCUT2D eigenvalue weighted by molar-refractivity contribution is -0.0231. The molecule has 4 rings (SSSR count). The summed E-state index contributed by atoms with van der Waals surface area (Å²) in [5.74, 6) is 0.506. The second kappa shape index (κ2) is 6.59. The molecule has 1 amide bonds. The summed E-state index contributed by atoms with van der Waals surface area (Å²) in [5.41, 5.74) is 1.42. The number of thiophene rings is 1. The summed E-state index contributed by atoms with van der Waals surface area (Å²) >= 11 is 1.56. The highest BCUT2D eigenvalue weighted by Crippen LogP contribution is 2.27. The molecule has 6 heteroatoms. The molecule has 1 fully saturated rings. The van der Waals surface area contributed by atoms with Crippen molar-refractivity contribution in [3.05, 3.63) is 65.2 Å². The van der Waals surface area contributed by atoms with Crippen LogP contribution in [0.1, 0.15) is 22.2 Å². The molecule has 122 valence electrons. The van der Waals surface area contributed by atoms with Crippen LogP contribution in [0.2, 0.25) is 0 Å². The van der Waals surface area contributed by atoms with E-state index < -0.39 is 0 Å². The van der Waals surface area contributed by atoms with Gasteiger partial charge in [0.05, 0.1) is 18.0 Å². The van der Waals surface area contributed by atoms with E-state index in [4.69, 9.17) is 9.26 Å². The maximum Gasteiger partial charge on any atom is 0.276 e. The third kappa shape index (κ3) is 2.98. The SMILES string of the molecule is O=C(c1cc(-c2cccs2)on1)N1CCOC(c2ccccc2)C1. The molecule has 5 nitrogen and oxygen atoms in total. The Hall–Kier alpha value is -2.44. The Labute approximate surface area is 143 Å². The molecule has 3 aromatic rings. The molecule has 0 bridgehead atoms. The first kappa shape index (κ1) is 15.1. The van der Waals surface area contributed by atoms with Gasteiger partial charge in [0.2, 0.25) is 0 Å². The Bertz CT molecular complexity index is 814. The molecular formula is C18H16N2O3S. The van der Waals surface area contributed by atoms with E-state index in [2.05, 4.69) is 5.16 Å². The molecule has 1 aromatic carbocycles. The van der Waals surface area contributed by atoms with E-state index in [1.807, 2.05) is 47.8 Å². The third-order valence-corrected chi connectivity index (χ3v) is 4.90. The predicted octanol–water partition coefficient (Wildman–Crippen LogP) is 3.62. The molecule has 1 unspecified atom stereocenters. The lowest BCUT2D eigenvalue weighted by Crippen LogP contribution is -2.42. The van der Waals surface area contributed by atoms with Gasteiger partial charge in [-0.25, -0.2) is 0 Å². The van der Waals surface area contributed by atoms with Crippen LogP contribution in [0.25, 0.3) is 10.6 Å². The van der Waals surface area contributed by atoms with Gasteiger partial charge in [-0.2, -0.15) is 0 Å². The summed E-state index contributed by atoms with van der Waals surface area (Å²) in [4.78, 5) is 15.4. The minimum absolute atomic E-state index is 0.104. The van der Waals surface area contributed by atoms with Crippen molar-refractivity contribution in [3.8, 4) is 10.6 Å². The second-order valence-electron chi connectivity index (χ2n) is 5.57. The van der Waals surface area contributed by atoms with Crippen LogP contribution in [-0.2, 0) is 4.74 Å². The summed E-state index contributed by atoms with van der Waals surface area (Å²) in [5, 5.41) is 5.91. The predicted molar refractivity (Wildman–Crippen MR) is 90.9 cm³/mol. The number of benzene rings is 1. The van der Waals surface area contributed by atoms with Crippen LogP contribution in [0, 0.1) is 0 Å². The number of carbonyl (C=O) groups excluding carboxylic acids is 1. The van der Waals surface area contributed by atoms with Crippen molar-refractivity contribution in [2.45, 2.75) is 6.10 Å². The highest BCUT2D eigenvalue weighted by molar-refractivity contribution is 7.13. The van der Waals surface area contributed by atoms with Gasteiger partial charge in [0.15, 0.2) is 11.5 Å². The number of morpholine rings is 1. The molecule has 1 aliphatic heterocycles. The maximum absolute atomic E-state index is 12.7. The van der Waals surface area contributed by atoms with Gasteiger partial charge in [0.1, 0.15) is 6.10 Å². The van der Waals surface area contributed by atoms with Crippen LogP contribution < -0.4 is 0 Å². The van der Waals surface area contributed by atoms with Crippen LogP contribution in [0.3, 0.4) is 0 Å². The summed E-state index contributed by atoms with van der Waals surface area (Å²) in [6.07, 6.45) is -0.104. The smallest absolute Gasteiger partial charge is 0.276 e. The van der Waals surface area contributed by atoms with Crippen LogP contribution >= 0.6 is 11.3 Å². The normalized spacial score (nSPS) is 17.8. The van der Waals surface area contributed by atoms with E-state index in [1.165, 1.54) is 0 Å². The number of amides is 1. The van der Waals surface area contributed by atoms with E-state index in [0.717, 1.165) is 10.4 Å². The van der Waals surface area contributed by atoms with Crippen LogP contribution in [0.15, 0.2) is 58.4 Å². The highest BCUT2D eigenvalue weighted by Gasteiger charge is 2.28. The molecule has 1 saturated heterocycles. The van der Waals surface area contributed by atoms with Gasteiger partial charge >= 0.3 is 0 Å². The molecule has 0 N–H and O–H groups in total. The minimum atomic E-state index is -0.120. The van der Waals surface area contributed by atoms with Gasteiger partial charge in [-0.05, 0) is 17.0 Å². The standard InChI is InChI=1S/C18H16N2O3S/c21-18(14-11-15(23-19-14)17-7-4-10-24-17)20-8-9-22-16(12-20)13-5-2-1-3-6-13/h1-7,10-11,16H,8-9,12H2. The zero-order chi connectivity index (χ0) is 16.4. The molecule has 0 radical (unpaired) electrons. The van der Waals surface area contributed by atoms with Gasteiger partial charge < -0.3 is 14.2 Å². The van der Waals surface area contributed by atoms with Gasteiger partial charge in [-0.3, -0.25) is 4.79 Å². The van der Waals surface area contributed by atoms with E-state index >= 15 is 0 Å². The average Bonchev–Trinajstić information content (AvgIpc) is 3.33. The number of aromatic nitrogens is 1. The van der Waals surface area contributed by atoms with Crippen molar-refractivity contribution >= 4 is 17.2 Å². The van der Waals surface area contributed by atoms with Crippen molar-refractivity contribution in [2.75, 3.05) is 19.7 Å². The Morgan fingerprint density at radius 2 is 2.08 bits per heavy atom. The molecule has 0 saturated carbocycles. The zero-order valence-electron chi connectivity index (χ0n) is 12.9. The Morgan fingerprint density at radius 1 is 1.21 bits per heavy atom. The van der Waals surface area contributed by atoms with E-state index in [0.29, 0.717) is 31.2 Å². The van der Waals surface area contributed by atoms with Gasteiger partial charge in [-0.15, -0.1) is 11.3 Å². The topological polar surface area (TPSA) is 55.6 Å². The van der Waals surface area contributed by atoms with Gasteiger partial charge in [0.25, 0.3) is 5.91 Å². The Kier molecular flexibility index (Phi) is 4.15. The molecule has 1 aliphatic rings. The largest absolute Gasteiger partial charge is 0.370 e. The van der Waals surface area contributed by atoms with E-state index in [1.54, 1.807) is 22.3 Å². The van der Waals surface area contributed by atoms with Crippen molar-refractivity contribution in [1.29, 1.82) is 0 Å². The first-order valence-corrected chi connectivity index (χ1v) is 8.65. The first-order valence-electron chi connectivity index (χ1n) is 7.77. The number of hydrogen-bond acceptors (Lipinski definition) is 5. The lowest BCUT2D eigenvalue weighted by atomic mass is 10.1. The van der Waals surface area contributed by atoms with Gasteiger partial charge in [-0.1, -0.05) is 41.6 Å². The number of nitrogens with zero attached hydrogens (tertiary/aromatic N) is 2. The Morgan fingerprint density at radius 3 is 2.88 bits per heavy atom. The molecule has 3 heterocycles. The van der Waals surface area contributed by atoms with E-state index in [-0.39, 0.29) is 12.0 Å². The summed E-state index contributed by atoms with van der Waals surface area (Å²) in [6, 6.07) is 15.6. The van der Waals surface area contributed by atoms with Crippen molar-refractivity contribution in [2.24, 2.45) is 0 Å². The molecule has 24 heavy (non-hydrogen) atoms. The third-order valence-electron chi connectivity index (χ3n) is 4.02. The number of carbonyl (C=O) groups is 1. The fourth-order valence-corrected chi connectivity index (χ4v) is 3.45. The molecule has 0 spiro atoms. The summed E-state index contributed by atoms with van der Waals surface area (Å²) in [6.45, 7) is 1.59. The van der Waals surface area contributed by atoms with Crippen LogP contribution in [-0.4, -0.2) is 35.7 Å². The average molecular weight is 340 g/mol. The van der Waals surface area contributed by atoms with Crippen LogP contribution in [0.5, 0.6) is 0 Å². The van der Waals surface area contributed by atoms with Crippen molar-refractivity contribution in [3.63, 3.8) is 0 Å². The Balaban J connectivity index is 1.50. The zero-order valence-corrected chi connectivity index (χ0v) is 13.7. The fourth-order valence-electron chi connectivity index (χ4n) is 2.78. The molecule has 2 aromatic heterocycles. The van der Waals surface area contributed by atoms with Crippen molar-refractivity contribution < 1.29 is 14.1 Å². The highest BCUT2D eigenvalue weighted by atomic mass is 32.1. The van der Waals surface area contributed by atoms with Crippen LogP contribution in [0.4, 0.5) is 0 Å². The van der Waals surface area contributed by atoms with Crippen molar-refractivity contribution in [1.82, 2.24) is 10.1 Å². The molecule has 0 aliphatic carbocycles. The maximum atomic E-state index is 12.7. The minimum Gasteiger partial charge on any atom is -0.370 e. The molecule has 1 atom stereocenters. The summed E-state index contributed by atoms with van der Waals surface area (Å²) < 4.78 is 11.1. The fraction of sp³-hybridized carbons (Fsp3) is 0.222. The second-order valence-corrected chi connectivity index (χ2v) is 6.52. The molecular weight excluding hydrogens is 324 g/mol.